The number of piperidine rings is 1. The lowest BCUT2D eigenvalue weighted by atomic mass is 10.1. The summed E-state index contributed by atoms with van der Waals surface area (Å²) in [6, 6.07) is 5.05. The molecule has 0 spiro atoms. The fourth-order valence-corrected chi connectivity index (χ4v) is 4.40. The number of sulfone groups is 1. The Morgan fingerprint density at radius 2 is 1.96 bits per heavy atom. The molecule has 0 radical (unpaired) electrons. The number of likely N-dealkylation sites (tertiary alicyclic amines) is 1. The molecule has 0 saturated carbocycles. The van der Waals surface area contributed by atoms with Crippen molar-refractivity contribution in [3.63, 3.8) is 0 Å². The van der Waals surface area contributed by atoms with Crippen molar-refractivity contribution in [3.8, 4) is 0 Å². The SMILES string of the molecule is CCS(=O)(=O)C1CCN(CC(=O)Nc2cccc(Cl)c2Cl)CC1. The van der Waals surface area contributed by atoms with Crippen LogP contribution in [0.3, 0.4) is 0 Å². The van der Waals surface area contributed by atoms with Crippen molar-refractivity contribution >= 4 is 44.6 Å². The minimum Gasteiger partial charge on any atom is -0.324 e. The summed E-state index contributed by atoms with van der Waals surface area (Å²) in [5.74, 6) is -0.0169. The van der Waals surface area contributed by atoms with Crippen molar-refractivity contribution in [1.82, 2.24) is 4.90 Å². The van der Waals surface area contributed by atoms with Gasteiger partial charge in [-0.3, -0.25) is 9.69 Å². The Kier molecular flexibility index (Phi) is 6.31. The maximum Gasteiger partial charge on any atom is 0.238 e. The van der Waals surface area contributed by atoms with E-state index in [0.29, 0.717) is 41.7 Å². The average molecular weight is 379 g/mol. The van der Waals surface area contributed by atoms with E-state index in [1.807, 2.05) is 4.90 Å². The average Bonchev–Trinajstić information content (AvgIpc) is 2.52. The zero-order valence-electron chi connectivity index (χ0n) is 12.9. The Bertz CT molecular complexity index is 671. The summed E-state index contributed by atoms with van der Waals surface area (Å²) in [5.41, 5.74) is 0.479. The fourth-order valence-electron chi connectivity index (χ4n) is 2.66. The molecular formula is C15H20Cl2N2O3S. The molecule has 0 bridgehead atoms. The van der Waals surface area contributed by atoms with Gasteiger partial charge in [0.2, 0.25) is 5.91 Å². The van der Waals surface area contributed by atoms with Gasteiger partial charge >= 0.3 is 0 Å². The Labute approximate surface area is 146 Å². The molecule has 128 valence electrons. The number of carbonyl (C=O) groups is 1. The lowest BCUT2D eigenvalue weighted by molar-refractivity contribution is -0.117. The van der Waals surface area contributed by atoms with Gasteiger partial charge in [-0.05, 0) is 38.1 Å². The predicted molar refractivity (Wildman–Crippen MR) is 94.0 cm³/mol. The molecule has 5 nitrogen and oxygen atoms in total. The van der Waals surface area contributed by atoms with Gasteiger partial charge in [-0.1, -0.05) is 36.2 Å². The first kappa shape index (κ1) is 18.5. The molecule has 0 aromatic heterocycles. The van der Waals surface area contributed by atoms with Crippen molar-refractivity contribution in [2.75, 3.05) is 30.7 Å². The van der Waals surface area contributed by atoms with E-state index in [1.54, 1.807) is 25.1 Å². The molecule has 8 heteroatoms. The minimum absolute atomic E-state index is 0.172. The van der Waals surface area contributed by atoms with Crippen LogP contribution < -0.4 is 5.32 Å². The third kappa shape index (κ3) is 4.83. The molecule has 1 N–H and O–H groups in total. The number of hydrogen-bond acceptors (Lipinski definition) is 4. The van der Waals surface area contributed by atoms with Crippen molar-refractivity contribution < 1.29 is 13.2 Å². The normalized spacial score (nSPS) is 17.2. The molecule has 1 fully saturated rings. The van der Waals surface area contributed by atoms with Gasteiger partial charge in [-0.25, -0.2) is 8.42 Å². The number of hydrogen-bond donors (Lipinski definition) is 1. The highest BCUT2D eigenvalue weighted by Gasteiger charge is 2.29. The Morgan fingerprint density at radius 3 is 2.57 bits per heavy atom. The number of nitrogens with zero attached hydrogens (tertiary/aromatic N) is 1. The van der Waals surface area contributed by atoms with Crippen LogP contribution >= 0.6 is 23.2 Å². The van der Waals surface area contributed by atoms with E-state index in [-0.39, 0.29) is 23.5 Å². The lowest BCUT2D eigenvalue weighted by Gasteiger charge is -2.30. The van der Waals surface area contributed by atoms with Crippen LogP contribution in [-0.4, -0.2) is 49.9 Å². The second-order valence-electron chi connectivity index (χ2n) is 5.58. The first-order valence-corrected chi connectivity index (χ1v) is 9.98. The molecule has 1 aromatic rings. The molecule has 1 aliphatic rings. The fraction of sp³-hybridized carbons (Fsp3) is 0.533. The summed E-state index contributed by atoms with van der Waals surface area (Å²) < 4.78 is 23.7. The van der Waals surface area contributed by atoms with Crippen LogP contribution in [0.25, 0.3) is 0 Å². The van der Waals surface area contributed by atoms with Crippen LogP contribution in [0.5, 0.6) is 0 Å². The van der Waals surface area contributed by atoms with E-state index >= 15 is 0 Å². The number of carbonyl (C=O) groups excluding carboxylic acids is 1. The molecule has 1 aromatic carbocycles. The van der Waals surface area contributed by atoms with Crippen molar-refractivity contribution in [1.29, 1.82) is 0 Å². The van der Waals surface area contributed by atoms with Crippen molar-refractivity contribution in [2.45, 2.75) is 25.0 Å². The van der Waals surface area contributed by atoms with E-state index in [0.717, 1.165) is 0 Å². The molecule has 2 rings (SSSR count). The van der Waals surface area contributed by atoms with E-state index in [9.17, 15) is 13.2 Å². The highest BCUT2D eigenvalue weighted by molar-refractivity contribution is 7.92. The van der Waals surface area contributed by atoms with Crippen LogP contribution in [0.1, 0.15) is 19.8 Å². The summed E-state index contributed by atoms with van der Waals surface area (Å²) in [4.78, 5) is 14.1. The zero-order valence-corrected chi connectivity index (χ0v) is 15.2. The summed E-state index contributed by atoms with van der Waals surface area (Å²) in [6.45, 7) is 3.08. The van der Waals surface area contributed by atoms with E-state index in [4.69, 9.17) is 23.2 Å². The molecule has 23 heavy (non-hydrogen) atoms. The lowest BCUT2D eigenvalue weighted by Crippen LogP contribution is -2.43. The number of halogens is 2. The van der Waals surface area contributed by atoms with Gasteiger partial charge in [-0.15, -0.1) is 0 Å². The van der Waals surface area contributed by atoms with Crippen LogP contribution in [0, 0.1) is 0 Å². The molecule has 0 atom stereocenters. The number of benzene rings is 1. The topological polar surface area (TPSA) is 66.5 Å². The summed E-state index contributed by atoms with van der Waals surface area (Å²) in [6.07, 6.45) is 1.14. The van der Waals surface area contributed by atoms with Crippen LogP contribution in [-0.2, 0) is 14.6 Å². The van der Waals surface area contributed by atoms with Crippen molar-refractivity contribution in [2.24, 2.45) is 0 Å². The van der Waals surface area contributed by atoms with E-state index < -0.39 is 9.84 Å². The van der Waals surface area contributed by atoms with Gasteiger partial charge in [0, 0.05) is 5.75 Å². The van der Waals surface area contributed by atoms with Gasteiger partial charge in [0.05, 0.1) is 27.5 Å². The van der Waals surface area contributed by atoms with Gasteiger partial charge in [0.15, 0.2) is 9.84 Å². The van der Waals surface area contributed by atoms with Gasteiger partial charge in [0.1, 0.15) is 0 Å². The zero-order chi connectivity index (χ0) is 17.0. The highest BCUT2D eigenvalue weighted by Crippen LogP contribution is 2.29. The molecule has 1 aliphatic heterocycles. The quantitative estimate of drug-likeness (QED) is 0.855. The maximum absolute atomic E-state index is 12.1. The molecule has 0 aliphatic carbocycles. The van der Waals surface area contributed by atoms with Gasteiger partial charge in [0.25, 0.3) is 0 Å². The standard InChI is InChI=1S/C15H20Cl2N2O3S/c1-2-23(21,22)11-6-8-19(9-7-11)10-14(20)18-13-5-3-4-12(16)15(13)17/h3-5,11H,2,6-10H2,1H3,(H,18,20). The smallest absolute Gasteiger partial charge is 0.238 e. The second kappa shape index (κ2) is 7.83. The monoisotopic (exact) mass is 378 g/mol. The Morgan fingerprint density at radius 1 is 1.30 bits per heavy atom. The van der Waals surface area contributed by atoms with E-state index in [2.05, 4.69) is 5.32 Å². The van der Waals surface area contributed by atoms with Crippen molar-refractivity contribution in [3.05, 3.63) is 28.2 Å². The third-order valence-corrected chi connectivity index (χ3v) is 7.15. The first-order chi connectivity index (χ1) is 10.8. The number of amides is 1. The van der Waals surface area contributed by atoms with Gasteiger partial charge < -0.3 is 5.32 Å². The van der Waals surface area contributed by atoms with Crippen LogP contribution in [0.2, 0.25) is 10.0 Å². The third-order valence-electron chi connectivity index (χ3n) is 4.04. The Balaban J connectivity index is 1.87. The van der Waals surface area contributed by atoms with E-state index in [1.165, 1.54) is 0 Å². The molecule has 1 saturated heterocycles. The summed E-state index contributed by atoms with van der Waals surface area (Å²) in [7, 11) is -2.99. The van der Waals surface area contributed by atoms with Crippen LogP contribution in [0.4, 0.5) is 5.69 Å². The number of rotatable bonds is 5. The Hall–Kier alpha value is -0.820. The predicted octanol–water partition coefficient (Wildman–Crippen LogP) is 2.83. The highest BCUT2D eigenvalue weighted by atomic mass is 35.5. The maximum atomic E-state index is 12.1. The minimum atomic E-state index is -2.99. The number of nitrogens with one attached hydrogen (secondary N) is 1. The number of anilines is 1. The summed E-state index contributed by atoms with van der Waals surface area (Å²) in [5, 5.41) is 3.15. The van der Waals surface area contributed by atoms with Crippen LogP contribution in [0.15, 0.2) is 18.2 Å². The van der Waals surface area contributed by atoms with Gasteiger partial charge in [-0.2, -0.15) is 0 Å². The molecular weight excluding hydrogens is 359 g/mol. The summed E-state index contributed by atoms with van der Waals surface area (Å²) >= 11 is 11.9. The largest absolute Gasteiger partial charge is 0.324 e. The molecule has 1 amide bonds. The first-order valence-electron chi connectivity index (χ1n) is 7.51. The molecule has 1 heterocycles. The second-order valence-corrected chi connectivity index (χ2v) is 8.93. The molecule has 0 unspecified atom stereocenters.